The molecular weight excluding hydrogens is 194 g/mol. The molecule has 0 amide bonds. The van der Waals surface area contributed by atoms with Gasteiger partial charge in [-0.2, -0.15) is 0 Å². The molecule has 0 bridgehead atoms. The largest absolute Gasteiger partial charge is 0.365 e. The number of rotatable bonds is 3. The average molecular weight is 207 g/mol. The van der Waals surface area contributed by atoms with Crippen LogP contribution in [0, 0.1) is 0 Å². The summed E-state index contributed by atoms with van der Waals surface area (Å²) in [4.78, 5) is 19.6. The van der Waals surface area contributed by atoms with E-state index in [1.165, 1.54) is 18.6 Å². The first-order chi connectivity index (χ1) is 7.31. The van der Waals surface area contributed by atoms with Crippen molar-refractivity contribution in [2.45, 2.75) is 25.0 Å². The fourth-order valence-electron chi connectivity index (χ4n) is 1.66. The third kappa shape index (κ3) is 2.19. The van der Waals surface area contributed by atoms with Gasteiger partial charge in [0.1, 0.15) is 11.8 Å². The molecule has 80 valence electrons. The standard InChI is InChI=1S/C10H13N3O2/c11-5-7-1-2-9(15-7)10(14)8-6-12-3-4-13-8/h3-4,6-7,9H,1-2,5,11H2. The van der Waals surface area contributed by atoms with E-state index in [1.54, 1.807) is 0 Å². The summed E-state index contributed by atoms with van der Waals surface area (Å²) >= 11 is 0. The van der Waals surface area contributed by atoms with Crippen molar-refractivity contribution >= 4 is 5.78 Å². The Morgan fingerprint density at radius 1 is 1.53 bits per heavy atom. The lowest BCUT2D eigenvalue weighted by atomic mass is 10.1. The lowest BCUT2D eigenvalue weighted by Gasteiger charge is -2.10. The van der Waals surface area contributed by atoms with Gasteiger partial charge in [0, 0.05) is 18.9 Å². The van der Waals surface area contributed by atoms with Crippen molar-refractivity contribution in [3.05, 3.63) is 24.3 Å². The highest BCUT2D eigenvalue weighted by Crippen LogP contribution is 2.21. The molecule has 15 heavy (non-hydrogen) atoms. The van der Waals surface area contributed by atoms with E-state index in [2.05, 4.69) is 9.97 Å². The fourth-order valence-corrected chi connectivity index (χ4v) is 1.66. The number of hydrogen-bond acceptors (Lipinski definition) is 5. The second-order valence-electron chi connectivity index (χ2n) is 3.51. The zero-order valence-electron chi connectivity index (χ0n) is 8.30. The van der Waals surface area contributed by atoms with Gasteiger partial charge in [0.05, 0.1) is 12.3 Å². The molecule has 1 aromatic heterocycles. The number of aromatic nitrogens is 2. The van der Waals surface area contributed by atoms with E-state index in [9.17, 15) is 4.79 Å². The lowest BCUT2D eigenvalue weighted by Crippen LogP contribution is -2.25. The van der Waals surface area contributed by atoms with Crippen LogP contribution < -0.4 is 5.73 Å². The Balaban J connectivity index is 2.04. The highest BCUT2D eigenvalue weighted by Gasteiger charge is 2.31. The smallest absolute Gasteiger partial charge is 0.211 e. The van der Waals surface area contributed by atoms with Crippen molar-refractivity contribution in [1.29, 1.82) is 0 Å². The molecule has 2 heterocycles. The van der Waals surface area contributed by atoms with Crippen LogP contribution in [0.1, 0.15) is 23.3 Å². The number of Topliss-reactive ketones (excluding diaryl/α,β-unsaturated/α-hetero) is 1. The van der Waals surface area contributed by atoms with Crippen LogP contribution in [-0.2, 0) is 4.74 Å². The van der Waals surface area contributed by atoms with Gasteiger partial charge < -0.3 is 10.5 Å². The molecule has 0 saturated carbocycles. The van der Waals surface area contributed by atoms with Crippen LogP contribution in [0.15, 0.2) is 18.6 Å². The molecule has 1 saturated heterocycles. The fraction of sp³-hybridized carbons (Fsp3) is 0.500. The van der Waals surface area contributed by atoms with Gasteiger partial charge in [0.15, 0.2) is 0 Å². The van der Waals surface area contributed by atoms with Crippen LogP contribution in [-0.4, -0.2) is 34.5 Å². The van der Waals surface area contributed by atoms with Gasteiger partial charge in [0.2, 0.25) is 5.78 Å². The summed E-state index contributed by atoms with van der Waals surface area (Å²) < 4.78 is 5.48. The maximum absolute atomic E-state index is 11.8. The molecule has 1 aliphatic rings. The van der Waals surface area contributed by atoms with Crippen LogP contribution >= 0.6 is 0 Å². The molecule has 5 nitrogen and oxygen atoms in total. The van der Waals surface area contributed by atoms with Gasteiger partial charge in [-0.1, -0.05) is 0 Å². The molecule has 0 aliphatic carbocycles. The average Bonchev–Trinajstić information content (AvgIpc) is 2.78. The summed E-state index contributed by atoms with van der Waals surface area (Å²) in [5, 5.41) is 0. The third-order valence-electron chi connectivity index (χ3n) is 2.48. The molecule has 1 fully saturated rings. The zero-order chi connectivity index (χ0) is 10.7. The Bertz CT molecular complexity index is 342. The molecular formula is C10H13N3O2. The summed E-state index contributed by atoms with van der Waals surface area (Å²) in [6.45, 7) is 0.463. The van der Waals surface area contributed by atoms with Crippen molar-refractivity contribution in [2.75, 3.05) is 6.54 Å². The van der Waals surface area contributed by atoms with Crippen LogP contribution in [0.25, 0.3) is 0 Å². The maximum atomic E-state index is 11.8. The molecule has 0 radical (unpaired) electrons. The number of nitrogens with two attached hydrogens (primary N) is 1. The molecule has 0 spiro atoms. The van der Waals surface area contributed by atoms with E-state index in [0.29, 0.717) is 12.2 Å². The quantitative estimate of drug-likeness (QED) is 0.714. The number of carbonyl (C=O) groups excluding carboxylic acids is 1. The first-order valence-electron chi connectivity index (χ1n) is 4.97. The first-order valence-corrected chi connectivity index (χ1v) is 4.97. The van der Waals surface area contributed by atoms with Gasteiger partial charge in [-0.05, 0) is 12.8 Å². The van der Waals surface area contributed by atoms with Gasteiger partial charge in [-0.25, -0.2) is 4.98 Å². The highest BCUT2D eigenvalue weighted by molar-refractivity contribution is 5.97. The van der Waals surface area contributed by atoms with Crippen molar-refractivity contribution < 1.29 is 9.53 Å². The van der Waals surface area contributed by atoms with Crippen LogP contribution in [0.3, 0.4) is 0 Å². The van der Waals surface area contributed by atoms with Crippen molar-refractivity contribution in [3.63, 3.8) is 0 Å². The summed E-state index contributed by atoms with van der Waals surface area (Å²) in [5.74, 6) is -0.0981. The van der Waals surface area contributed by atoms with Crippen molar-refractivity contribution in [3.8, 4) is 0 Å². The summed E-state index contributed by atoms with van der Waals surface area (Å²) in [6, 6.07) is 0. The van der Waals surface area contributed by atoms with E-state index < -0.39 is 6.10 Å². The topological polar surface area (TPSA) is 78.1 Å². The predicted octanol–water partition coefficient (Wildman–Crippen LogP) is 0.166. The first kappa shape index (κ1) is 10.2. The second-order valence-corrected chi connectivity index (χ2v) is 3.51. The Morgan fingerprint density at radius 3 is 3.00 bits per heavy atom. The van der Waals surface area contributed by atoms with Crippen molar-refractivity contribution in [1.82, 2.24) is 9.97 Å². The third-order valence-corrected chi connectivity index (χ3v) is 2.48. The van der Waals surface area contributed by atoms with E-state index in [0.717, 1.165) is 12.8 Å². The lowest BCUT2D eigenvalue weighted by molar-refractivity contribution is 0.0400. The van der Waals surface area contributed by atoms with Gasteiger partial charge >= 0.3 is 0 Å². The summed E-state index contributed by atoms with van der Waals surface area (Å²) in [7, 11) is 0. The monoisotopic (exact) mass is 207 g/mol. The van der Waals surface area contributed by atoms with Gasteiger partial charge in [0.25, 0.3) is 0 Å². The van der Waals surface area contributed by atoms with E-state index in [-0.39, 0.29) is 11.9 Å². The Kier molecular flexibility index (Phi) is 3.03. The predicted molar refractivity (Wildman–Crippen MR) is 53.3 cm³/mol. The van der Waals surface area contributed by atoms with E-state index >= 15 is 0 Å². The number of carbonyl (C=O) groups is 1. The normalized spacial score (nSPS) is 25.4. The second kappa shape index (κ2) is 4.46. The Hall–Kier alpha value is -1.33. The summed E-state index contributed by atoms with van der Waals surface area (Å²) in [6.07, 6.45) is 5.68. The summed E-state index contributed by atoms with van der Waals surface area (Å²) in [5.41, 5.74) is 5.83. The minimum Gasteiger partial charge on any atom is -0.365 e. The molecule has 1 aliphatic heterocycles. The molecule has 2 unspecified atom stereocenters. The van der Waals surface area contributed by atoms with Crippen LogP contribution in [0.2, 0.25) is 0 Å². The molecule has 1 aromatic rings. The molecule has 0 aromatic carbocycles. The van der Waals surface area contributed by atoms with Crippen LogP contribution in [0.5, 0.6) is 0 Å². The van der Waals surface area contributed by atoms with Crippen LogP contribution in [0.4, 0.5) is 0 Å². The SMILES string of the molecule is NCC1CCC(C(=O)c2cnccn2)O1. The number of ketones is 1. The number of hydrogen-bond donors (Lipinski definition) is 1. The van der Waals surface area contributed by atoms with Gasteiger partial charge in [-0.3, -0.25) is 9.78 Å². The molecule has 2 N–H and O–H groups in total. The number of nitrogens with zero attached hydrogens (tertiary/aromatic N) is 2. The van der Waals surface area contributed by atoms with E-state index in [1.807, 2.05) is 0 Å². The molecule has 2 atom stereocenters. The van der Waals surface area contributed by atoms with Gasteiger partial charge in [-0.15, -0.1) is 0 Å². The highest BCUT2D eigenvalue weighted by atomic mass is 16.5. The Morgan fingerprint density at radius 2 is 2.40 bits per heavy atom. The molecule has 2 rings (SSSR count). The number of ether oxygens (including phenoxy) is 1. The minimum atomic E-state index is -0.393. The maximum Gasteiger partial charge on any atom is 0.211 e. The zero-order valence-corrected chi connectivity index (χ0v) is 8.30. The Labute approximate surface area is 87.7 Å². The molecule has 5 heteroatoms. The van der Waals surface area contributed by atoms with Crippen molar-refractivity contribution in [2.24, 2.45) is 5.73 Å². The van der Waals surface area contributed by atoms with E-state index in [4.69, 9.17) is 10.5 Å². The minimum absolute atomic E-state index is 0.00983.